The molecule has 1 atom stereocenters. The second-order valence-corrected chi connectivity index (χ2v) is 17.0. The van der Waals surface area contributed by atoms with Gasteiger partial charge in [0.15, 0.2) is 6.10 Å². The molecule has 6 nitrogen and oxygen atoms in total. The van der Waals surface area contributed by atoms with E-state index < -0.39 is 6.10 Å². The van der Waals surface area contributed by atoms with Crippen molar-refractivity contribution < 1.29 is 28.6 Å². The lowest BCUT2D eigenvalue weighted by Gasteiger charge is -2.18. The smallest absolute Gasteiger partial charge is 0.306 e. The van der Waals surface area contributed by atoms with Gasteiger partial charge in [-0.1, -0.05) is 204 Å². The molecule has 0 spiro atoms. The van der Waals surface area contributed by atoms with Crippen LogP contribution < -0.4 is 0 Å². The number of hydrogen-bond donors (Lipinski definition) is 0. The van der Waals surface area contributed by atoms with Crippen LogP contribution in [0.1, 0.15) is 201 Å². The summed E-state index contributed by atoms with van der Waals surface area (Å²) in [5.41, 5.74) is 0. The van der Waals surface area contributed by atoms with Crippen molar-refractivity contribution in [2.24, 2.45) is 0 Å². The molecule has 0 fully saturated rings. The van der Waals surface area contributed by atoms with Crippen molar-refractivity contribution in [2.75, 3.05) is 13.2 Å². The third-order valence-electron chi connectivity index (χ3n) is 10.5. The van der Waals surface area contributed by atoms with Gasteiger partial charge in [0, 0.05) is 19.3 Å². The lowest BCUT2D eigenvalue weighted by molar-refractivity contribution is -0.167. The maximum atomic E-state index is 12.8. The van der Waals surface area contributed by atoms with Gasteiger partial charge in [-0.05, 0) is 135 Å². The van der Waals surface area contributed by atoms with E-state index in [1.165, 1.54) is 0 Å². The third-order valence-corrected chi connectivity index (χ3v) is 10.5. The van der Waals surface area contributed by atoms with Crippen LogP contribution in [0.4, 0.5) is 0 Å². The summed E-state index contributed by atoms with van der Waals surface area (Å²) >= 11 is 0. The van der Waals surface area contributed by atoms with E-state index in [2.05, 4.69) is 179 Å². The SMILES string of the molecule is CC/C=C\C/C=C\C/C=C\C/C=C\C/C=C\C/C=C\C/C=C\CCCC(=O)OCC(COC(=O)CCCCC/C=C\C/C=C\C/C=C\CC)OC(=O)CCCCCCC/C=C\C/C=C\C/C=C\CC. The summed E-state index contributed by atoms with van der Waals surface area (Å²) in [5, 5.41) is 0. The largest absolute Gasteiger partial charge is 0.462 e. The number of hydrogen-bond acceptors (Lipinski definition) is 6. The molecule has 0 amide bonds. The number of ether oxygens (including phenoxy) is 3. The molecule has 6 heteroatoms. The fourth-order valence-electron chi connectivity index (χ4n) is 6.58. The van der Waals surface area contributed by atoms with Crippen LogP contribution in [0, 0.1) is 0 Å². The molecule has 384 valence electrons. The Morgan fingerprint density at radius 2 is 0.536 bits per heavy atom. The fraction of sp³-hybridized carbons (Fsp3) is 0.540. The minimum atomic E-state index is -0.831. The molecule has 0 aromatic rings. The Morgan fingerprint density at radius 3 is 0.884 bits per heavy atom. The molecule has 0 heterocycles. The molecule has 0 bridgehead atoms. The molecule has 0 aliphatic carbocycles. The monoisotopic (exact) mass is 949 g/mol. The van der Waals surface area contributed by atoms with Crippen molar-refractivity contribution in [2.45, 2.75) is 207 Å². The van der Waals surface area contributed by atoms with Crippen LogP contribution >= 0.6 is 0 Å². The topological polar surface area (TPSA) is 78.9 Å². The van der Waals surface area contributed by atoms with E-state index in [-0.39, 0.29) is 44.0 Å². The normalized spacial score (nSPS) is 13.4. The zero-order chi connectivity index (χ0) is 50.0. The van der Waals surface area contributed by atoms with Gasteiger partial charge < -0.3 is 14.2 Å². The molecule has 0 aromatic heterocycles. The quantitative estimate of drug-likeness (QED) is 0.0262. The number of rotatable bonds is 46. The highest BCUT2D eigenvalue weighted by molar-refractivity contribution is 5.71. The molecule has 0 saturated carbocycles. The van der Waals surface area contributed by atoms with E-state index >= 15 is 0 Å². The lowest BCUT2D eigenvalue weighted by Crippen LogP contribution is -2.30. The van der Waals surface area contributed by atoms with E-state index in [0.717, 1.165) is 154 Å². The Bertz CT molecular complexity index is 1610. The van der Waals surface area contributed by atoms with Crippen LogP contribution in [0.15, 0.2) is 158 Å². The molecule has 1 unspecified atom stereocenters. The van der Waals surface area contributed by atoms with Crippen LogP contribution in [0.2, 0.25) is 0 Å². The van der Waals surface area contributed by atoms with Crippen molar-refractivity contribution in [3.8, 4) is 0 Å². The zero-order valence-electron chi connectivity index (χ0n) is 43.8. The Hall–Kier alpha value is -4.97. The molecular formula is C63H96O6. The summed E-state index contributed by atoms with van der Waals surface area (Å²) in [6.07, 6.45) is 80.9. The van der Waals surface area contributed by atoms with Gasteiger partial charge in [0.25, 0.3) is 0 Å². The number of carbonyl (C=O) groups is 3. The number of carbonyl (C=O) groups excluding carboxylic acids is 3. The summed E-state index contributed by atoms with van der Waals surface area (Å²) in [6.45, 7) is 6.18. The molecule has 0 radical (unpaired) electrons. The maximum Gasteiger partial charge on any atom is 0.306 e. The molecule has 0 N–H and O–H groups in total. The van der Waals surface area contributed by atoms with Crippen molar-refractivity contribution in [1.82, 2.24) is 0 Å². The van der Waals surface area contributed by atoms with Gasteiger partial charge in [-0.3, -0.25) is 14.4 Å². The second kappa shape index (κ2) is 55.6. The Labute approximate surface area is 422 Å². The minimum Gasteiger partial charge on any atom is -0.462 e. The van der Waals surface area contributed by atoms with Crippen molar-refractivity contribution in [3.05, 3.63) is 158 Å². The Kier molecular flexibility index (Phi) is 51.6. The first-order chi connectivity index (χ1) is 34.0. The van der Waals surface area contributed by atoms with Gasteiger partial charge in [-0.2, -0.15) is 0 Å². The predicted octanol–water partition coefficient (Wildman–Crippen LogP) is 18.2. The zero-order valence-corrected chi connectivity index (χ0v) is 43.8. The molecule has 0 rings (SSSR count). The minimum absolute atomic E-state index is 0.126. The molecule has 0 aromatic carbocycles. The summed E-state index contributed by atoms with van der Waals surface area (Å²) in [6, 6.07) is 0. The van der Waals surface area contributed by atoms with E-state index in [9.17, 15) is 14.4 Å². The van der Waals surface area contributed by atoms with Gasteiger partial charge in [0.1, 0.15) is 13.2 Å². The molecular weight excluding hydrogens is 853 g/mol. The van der Waals surface area contributed by atoms with Gasteiger partial charge in [-0.25, -0.2) is 0 Å². The first-order valence-corrected chi connectivity index (χ1v) is 27.0. The Morgan fingerprint density at radius 1 is 0.290 bits per heavy atom. The van der Waals surface area contributed by atoms with Crippen molar-refractivity contribution in [1.29, 1.82) is 0 Å². The maximum absolute atomic E-state index is 12.8. The molecule has 0 aliphatic rings. The highest BCUT2D eigenvalue weighted by Gasteiger charge is 2.19. The van der Waals surface area contributed by atoms with Crippen molar-refractivity contribution in [3.63, 3.8) is 0 Å². The number of allylic oxidation sites excluding steroid dienone is 26. The van der Waals surface area contributed by atoms with E-state index in [1.807, 2.05) is 0 Å². The third kappa shape index (κ3) is 53.8. The fourth-order valence-corrected chi connectivity index (χ4v) is 6.58. The van der Waals surface area contributed by atoms with E-state index in [1.54, 1.807) is 0 Å². The molecule has 0 aliphatic heterocycles. The first kappa shape index (κ1) is 64.0. The first-order valence-electron chi connectivity index (χ1n) is 27.0. The summed E-state index contributed by atoms with van der Waals surface area (Å²) in [7, 11) is 0. The van der Waals surface area contributed by atoms with E-state index in [0.29, 0.717) is 12.8 Å². The molecule has 69 heavy (non-hydrogen) atoms. The predicted molar refractivity (Wildman–Crippen MR) is 297 cm³/mol. The van der Waals surface area contributed by atoms with Crippen LogP contribution in [-0.2, 0) is 28.6 Å². The van der Waals surface area contributed by atoms with Gasteiger partial charge >= 0.3 is 17.9 Å². The van der Waals surface area contributed by atoms with Crippen LogP contribution in [-0.4, -0.2) is 37.2 Å². The summed E-state index contributed by atoms with van der Waals surface area (Å²) < 4.78 is 16.7. The van der Waals surface area contributed by atoms with Gasteiger partial charge in [0.2, 0.25) is 0 Å². The average Bonchev–Trinajstić information content (AvgIpc) is 3.35. The lowest BCUT2D eigenvalue weighted by atomic mass is 10.1. The van der Waals surface area contributed by atoms with Crippen LogP contribution in [0.3, 0.4) is 0 Å². The second-order valence-electron chi connectivity index (χ2n) is 17.0. The summed E-state index contributed by atoms with van der Waals surface area (Å²) in [5.74, 6) is -1.04. The Balaban J connectivity index is 4.55. The highest BCUT2D eigenvalue weighted by atomic mass is 16.6. The number of unbranched alkanes of at least 4 members (excludes halogenated alkanes) is 9. The highest BCUT2D eigenvalue weighted by Crippen LogP contribution is 2.12. The number of esters is 3. The van der Waals surface area contributed by atoms with E-state index in [4.69, 9.17) is 14.2 Å². The van der Waals surface area contributed by atoms with Crippen LogP contribution in [0.5, 0.6) is 0 Å². The van der Waals surface area contributed by atoms with Gasteiger partial charge in [-0.15, -0.1) is 0 Å². The molecule has 0 saturated heterocycles. The average molecular weight is 949 g/mol. The van der Waals surface area contributed by atoms with Crippen molar-refractivity contribution >= 4 is 17.9 Å². The van der Waals surface area contributed by atoms with Gasteiger partial charge in [0.05, 0.1) is 0 Å². The van der Waals surface area contributed by atoms with Crippen LogP contribution in [0.25, 0.3) is 0 Å². The standard InChI is InChI=1S/C63H96O6/c1-4-7-10-13-16-19-22-25-27-28-29-30-31-32-33-34-36-38-41-44-47-50-53-56-62(65)68-59-60(58-67-61(64)55-52-49-46-43-40-37-24-21-18-15-12-9-6-3)69-63(66)57-54-51-48-45-42-39-35-26-23-20-17-14-11-8-5-2/h7-12,16-21,25-27,29-30,32-33,35-38,40,44,47,60H,4-6,13-15,22-24,28,31,34,39,41-43,45-46,48-59H2,1-3H3/b10-7-,11-8-,12-9-,19-16-,20-17-,21-18-,27-25-,30-29-,33-32-,35-26-,38-36-,40-37-,47-44-. The summed E-state index contributed by atoms with van der Waals surface area (Å²) in [4.78, 5) is 38.0.